The van der Waals surface area contributed by atoms with Crippen molar-refractivity contribution >= 4 is 92.4 Å². The molecule has 1 aliphatic rings. The van der Waals surface area contributed by atoms with E-state index in [0.717, 1.165) is 39.1 Å². The zero-order valence-electron chi connectivity index (χ0n) is 24.9. The van der Waals surface area contributed by atoms with Gasteiger partial charge in [-0.2, -0.15) is 0 Å². The van der Waals surface area contributed by atoms with E-state index in [1.807, 2.05) is 29.5 Å². The molecule has 0 N–H and O–H groups in total. The summed E-state index contributed by atoms with van der Waals surface area (Å²) in [6.45, 7) is 0. The van der Waals surface area contributed by atoms with Gasteiger partial charge in [0.1, 0.15) is 16.8 Å². The Morgan fingerprint density at radius 1 is 0.553 bits per heavy atom. The van der Waals surface area contributed by atoms with Crippen LogP contribution in [0.2, 0.25) is 0 Å². The van der Waals surface area contributed by atoms with Crippen molar-refractivity contribution in [1.29, 1.82) is 0 Å². The predicted octanol–water partition coefficient (Wildman–Crippen LogP) is 12.2. The van der Waals surface area contributed by atoms with Gasteiger partial charge in [-0.25, -0.2) is 9.97 Å². The van der Waals surface area contributed by atoms with Crippen LogP contribution in [0.3, 0.4) is 0 Å². The number of rotatable bonds is 2. The number of aromatic nitrogens is 2. The van der Waals surface area contributed by atoms with Crippen LogP contribution in [0.5, 0.6) is 0 Å². The van der Waals surface area contributed by atoms with E-state index in [0.29, 0.717) is 11.5 Å². The van der Waals surface area contributed by atoms with Gasteiger partial charge in [-0.1, -0.05) is 97.1 Å². The second-order valence-electron chi connectivity index (χ2n) is 12.2. The summed E-state index contributed by atoms with van der Waals surface area (Å²) in [5, 5.41) is 8.26. The van der Waals surface area contributed by atoms with Crippen molar-refractivity contribution in [3.63, 3.8) is 0 Å². The van der Waals surface area contributed by atoms with Crippen LogP contribution in [0, 0.1) is 0 Å². The van der Waals surface area contributed by atoms with Gasteiger partial charge in [-0.05, 0) is 64.2 Å². The largest absolute Gasteiger partial charge is 0.452 e. The van der Waals surface area contributed by atoms with E-state index in [2.05, 4.69) is 126 Å². The molecule has 11 rings (SSSR count). The molecule has 0 saturated carbocycles. The third kappa shape index (κ3) is 3.46. The van der Waals surface area contributed by atoms with Crippen LogP contribution >= 0.6 is 11.3 Å². The average molecular weight is 618 g/mol. The van der Waals surface area contributed by atoms with Gasteiger partial charge in [-0.15, -0.1) is 11.3 Å². The minimum Gasteiger partial charge on any atom is -0.452 e. The first-order valence-electron chi connectivity index (χ1n) is 15.8. The Kier molecular flexibility index (Phi) is 4.96. The first-order chi connectivity index (χ1) is 23.3. The van der Waals surface area contributed by atoms with Gasteiger partial charge in [0.05, 0.1) is 11.4 Å². The summed E-state index contributed by atoms with van der Waals surface area (Å²) in [5.41, 5.74) is 8.65. The van der Waals surface area contributed by atoms with Gasteiger partial charge in [0.15, 0.2) is 5.58 Å². The lowest BCUT2D eigenvalue weighted by atomic mass is 9.88. The molecule has 5 heteroatoms. The number of benzene rings is 7. The van der Waals surface area contributed by atoms with E-state index in [9.17, 15) is 0 Å². The monoisotopic (exact) mass is 617 g/mol. The molecule has 3 aromatic heterocycles. The van der Waals surface area contributed by atoms with Crippen molar-refractivity contribution in [3.8, 4) is 22.4 Å². The van der Waals surface area contributed by atoms with Crippen LogP contribution in [0.4, 0.5) is 17.3 Å². The van der Waals surface area contributed by atoms with Crippen molar-refractivity contribution in [2.24, 2.45) is 0 Å². The lowest BCUT2D eigenvalue weighted by Gasteiger charge is -2.32. The normalized spacial score (nSPS) is 12.6. The van der Waals surface area contributed by atoms with Crippen molar-refractivity contribution in [2.75, 3.05) is 4.90 Å². The molecule has 10 aromatic rings. The number of anilines is 3. The Morgan fingerprint density at radius 2 is 1.32 bits per heavy atom. The molecule has 1 aliphatic heterocycles. The molecule has 4 nitrogen and oxygen atoms in total. The molecule has 0 amide bonds. The van der Waals surface area contributed by atoms with Gasteiger partial charge in [0.25, 0.3) is 0 Å². The minimum absolute atomic E-state index is 0.618. The third-order valence-electron chi connectivity index (χ3n) is 9.60. The maximum atomic E-state index is 6.56. The lowest BCUT2D eigenvalue weighted by Crippen LogP contribution is -2.18. The zero-order valence-corrected chi connectivity index (χ0v) is 25.8. The van der Waals surface area contributed by atoms with E-state index in [-0.39, 0.29) is 0 Å². The molecule has 218 valence electrons. The first-order valence-corrected chi connectivity index (χ1v) is 16.6. The Hall–Kier alpha value is -6.04. The number of nitrogens with zero attached hydrogens (tertiary/aromatic N) is 3. The summed E-state index contributed by atoms with van der Waals surface area (Å²) in [6, 6.07) is 49.6. The second kappa shape index (κ2) is 9.25. The predicted molar refractivity (Wildman–Crippen MR) is 196 cm³/mol. The number of hydrogen-bond donors (Lipinski definition) is 0. The van der Waals surface area contributed by atoms with Crippen LogP contribution < -0.4 is 4.90 Å². The number of hydrogen-bond acceptors (Lipinski definition) is 5. The third-order valence-corrected chi connectivity index (χ3v) is 10.8. The van der Waals surface area contributed by atoms with E-state index in [4.69, 9.17) is 14.4 Å². The Bertz CT molecular complexity index is 2930. The fourth-order valence-electron chi connectivity index (χ4n) is 7.54. The van der Waals surface area contributed by atoms with E-state index in [1.54, 1.807) is 0 Å². The van der Waals surface area contributed by atoms with E-state index >= 15 is 0 Å². The number of thiophene rings is 1. The highest BCUT2D eigenvalue weighted by atomic mass is 32.1. The highest BCUT2D eigenvalue weighted by Crippen LogP contribution is 2.53. The number of para-hydroxylation sites is 1. The molecule has 0 saturated heterocycles. The van der Waals surface area contributed by atoms with E-state index in [1.165, 1.54) is 52.8 Å². The summed E-state index contributed by atoms with van der Waals surface area (Å²) in [6.07, 6.45) is 0. The van der Waals surface area contributed by atoms with Crippen LogP contribution in [-0.4, -0.2) is 9.97 Å². The molecular weight excluding hydrogens is 595 g/mol. The Balaban J connectivity index is 1.26. The summed E-state index contributed by atoms with van der Waals surface area (Å²) in [7, 11) is 0. The van der Waals surface area contributed by atoms with Crippen molar-refractivity contribution in [2.45, 2.75) is 0 Å². The summed E-state index contributed by atoms with van der Waals surface area (Å²) in [5.74, 6) is 0.618. The summed E-state index contributed by atoms with van der Waals surface area (Å²) < 4.78 is 9.09. The van der Waals surface area contributed by atoms with Crippen LogP contribution in [0.25, 0.3) is 86.2 Å². The quantitative estimate of drug-likeness (QED) is 0.194. The number of furan rings is 1. The fraction of sp³-hybridized carbons (Fsp3) is 0. The molecule has 0 aliphatic carbocycles. The first kappa shape index (κ1) is 25.2. The Morgan fingerprint density at radius 3 is 2.26 bits per heavy atom. The summed E-state index contributed by atoms with van der Waals surface area (Å²) >= 11 is 1.82. The zero-order chi connectivity index (χ0) is 30.6. The van der Waals surface area contributed by atoms with Gasteiger partial charge in [-0.3, -0.25) is 4.90 Å². The highest BCUT2D eigenvalue weighted by Gasteiger charge is 2.30. The van der Waals surface area contributed by atoms with Crippen LogP contribution in [0.1, 0.15) is 0 Å². The maximum Gasteiger partial charge on any atom is 0.236 e. The molecular formula is C42H23N3OS. The molecule has 0 bridgehead atoms. The molecule has 47 heavy (non-hydrogen) atoms. The van der Waals surface area contributed by atoms with Crippen LogP contribution in [0.15, 0.2) is 144 Å². The molecule has 0 spiro atoms. The van der Waals surface area contributed by atoms with Crippen LogP contribution in [-0.2, 0) is 0 Å². The Labute approximate surface area is 272 Å². The molecule has 7 aromatic carbocycles. The second-order valence-corrected chi connectivity index (χ2v) is 13.2. The van der Waals surface area contributed by atoms with Gasteiger partial charge < -0.3 is 4.42 Å². The van der Waals surface area contributed by atoms with E-state index < -0.39 is 0 Å². The van der Waals surface area contributed by atoms with Gasteiger partial charge in [0.2, 0.25) is 5.95 Å². The van der Waals surface area contributed by atoms with Crippen molar-refractivity contribution in [3.05, 3.63) is 140 Å². The smallest absolute Gasteiger partial charge is 0.236 e. The maximum absolute atomic E-state index is 6.56. The molecule has 0 radical (unpaired) electrons. The molecule has 0 fully saturated rings. The minimum atomic E-state index is 0.618. The molecule has 0 atom stereocenters. The standard InChI is InChI=1S/C42H23N3OS/c1-2-12-27-24(9-1)19-21-33-38(27)30-15-7-10-25-11-8-16-32(37(25)30)45(33)42-43-39(41-40(44-42)29-14-3-5-17-34(29)46-41)26-20-22-36-31(23-26)28-13-4-6-18-35(28)47-36/h1-23H. The fourth-order valence-corrected chi connectivity index (χ4v) is 8.63. The van der Waals surface area contributed by atoms with Gasteiger partial charge in [0, 0.05) is 42.1 Å². The molecule has 0 unspecified atom stereocenters. The lowest BCUT2D eigenvalue weighted by molar-refractivity contribution is 0.667. The topological polar surface area (TPSA) is 42.2 Å². The summed E-state index contributed by atoms with van der Waals surface area (Å²) in [4.78, 5) is 13.0. The van der Waals surface area contributed by atoms with Gasteiger partial charge >= 0.3 is 0 Å². The van der Waals surface area contributed by atoms with Crippen molar-refractivity contribution in [1.82, 2.24) is 9.97 Å². The molecule has 4 heterocycles. The van der Waals surface area contributed by atoms with Crippen molar-refractivity contribution < 1.29 is 4.42 Å². The SMILES string of the molecule is c1ccc2c3c(ccc2c1)N(c1nc(-c2ccc4sc5ccccc5c4c2)c2oc4ccccc4c2n1)c1cccc2cccc-3c12. The number of fused-ring (bicyclic) bond motifs is 10. The highest BCUT2D eigenvalue weighted by molar-refractivity contribution is 7.25. The average Bonchev–Trinajstić information content (AvgIpc) is 3.69.